The molecular weight excluding hydrogens is 363 g/mol. The molecule has 0 saturated carbocycles. The molecular formula is C17H28Cl2N4O2. The highest BCUT2D eigenvalue weighted by Crippen LogP contribution is 2.20. The summed E-state index contributed by atoms with van der Waals surface area (Å²) < 4.78 is 0. The molecule has 0 bridgehead atoms. The largest absolute Gasteiger partial charge is 0.342 e. The number of halogens is 2. The van der Waals surface area contributed by atoms with E-state index < -0.39 is 0 Å². The molecule has 1 unspecified atom stereocenters. The van der Waals surface area contributed by atoms with Crippen LogP contribution < -0.4 is 10.6 Å². The van der Waals surface area contributed by atoms with Crippen LogP contribution in [0, 0.1) is 18.8 Å². The number of amides is 2. The number of carbonyl (C=O) groups excluding carboxylic acids is 2. The molecule has 142 valence electrons. The monoisotopic (exact) mass is 390 g/mol. The van der Waals surface area contributed by atoms with Crippen molar-refractivity contribution in [3.63, 3.8) is 0 Å². The lowest BCUT2D eigenvalue weighted by Gasteiger charge is -2.33. The Morgan fingerprint density at radius 2 is 1.92 bits per heavy atom. The molecule has 2 rings (SSSR count). The van der Waals surface area contributed by atoms with Crippen molar-refractivity contribution in [1.29, 1.82) is 0 Å². The van der Waals surface area contributed by atoms with Crippen LogP contribution in [0.4, 0.5) is 5.82 Å². The summed E-state index contributed by atoms with van der Waals surface area (Å²) in [4.78, 5) is 30.6. The van der Waals surface area contributed by atoms with E-state index in [-0.39, 0.29) is 48.5 Å². The standard InChI is InChI=1S/C17H26N4O2.2ClH/c1-12-4-5-15(19-10-12)20-16(22)14-6-8-21(9-7-14)17(23)13(2)11-18-3;;/h4-5,10,13-14,18H,6-9,11H2,1-3H3,(H,19,20,22);2*1H. The molecule has 25 heavy (non-hydrogen) atoms. The van der Waals surface area contributed by atoms with E-state index >= 15 is 0 Å². The Hall–Kier alpha value is -1.37. The summed E-state index contributed by atoms with van der Waals surface area (Å²) in [6.45, 7) is 5.86. The van der Waals surface area contributed by atoms with E-state index in [2.05, 4.69) is 15.6 Å². The minimum Gasteiger partial charge on any atom is -0.342 e. The third-order valence-electron chi connectivity index (χ3n) is 4.27. The van der Waals surface area contributed by atoms with Crippen LogP contribution in [-0.4, -0.2) is 48.4 Å². The molecule has 1 aromatic rings. The Bertz CT molecular complexity index is 546. The molecule has 1 aromatic heterocycles. The van der Waals surface area contributed by atoms with Gasteiger partial charge in [0.05, 0.1) is 0 Å². The summed E-state index contributed by atoms with van der Waals surface area (Å²) in [5.74, 6) is 0.667. The van der Waals surface area contributed by atoms with E-state index in [9.17, 15) is 9.59 Å². The van der Waals surface area contributed by atoms with Crippen molar-refractivity contribution in [3.05, 3.63) is 23.9 Å². The number of nitrogens with one attached hydrogen (secondary N) is 2. The summed E-state index contributed by atoms with van der Waals surface area (Å²) in [6.07, 6.45) is 3.14. The highest BCUT2D eigenvalue weighted by molar-refractivity contribution is 5.92. The van der Waals surface area contributed by atoms with Crippen LogP contribution in [0.2, 0.25) is 0 Å². The Kier molecular flexibility index (Phi) is 10.7. The van der Waals surface area contributed by atoms with Crippen LogP contribution >= 0.6 is 24.8 Å². The fourth-order valence-electron chi connectivity index (χ4n) is 2.84. The van der Waals surface area contributed by atoms with Crippen molar-refractivity contribution in [2.45, 2.75) is 26.7 Å². The number of aryl methyl sites for hydroxylation is 1. The molecule has 2 heterocycles. The fourth-order valence-corrected chi connectivity index (χ4v) is 2.84. The highest BCUT2D eigenvalue weighted by Gasteiger charge is 2.29. The van der Waals surface area contributed by atoms with Crippen LogP contribution in [0.3, 0.4) is 0 Å². The van der Waals surface area contributed by atoms with Crippen molar-refractivity contribution in [2.75, 3.05) is 32.0 Å². The Balaban J connectivity index is 0.00000288. The molecule has 0 radical (unpaired) electrons. The van der Waals surface area contributed by atoms with E-state index in [4.69, 9.17) is 0 Å². The number of likely N-dealkylation sites (tertiary alicyclic amines) is 1. The Labute approximate surface area is 162 Å². The number of hydrogen-bond donors (Lipinski definition) is 2. The molecule has 2 N–H and O–H groups in total. The van der Waals surface area contributed by atoms with Gasteiger partial charge in [-0.25, -0.2) is 4.98 Å². The first-order valence-electron chi connectivity index (χ1n) is 8.18. The third kappa shape index (κ3) is 6.80. The van der Waals surface area contributed by atoms with Gasteiger partial charge in [0.25, 0.3) is 0 Å². The van der Waals surface area contributed by atoms with Crippen molar-refractivity contribution in [1.82, 2.24) is 15.2 Å². The lowest BCUT2D eigenvalue weighted by molar-refractivity contribution is -0.137. The molecule has 2 amide bonds. The number of carbonyl (C=O) groups is 2. The predicted molar refractivity (Wildman–Crippen MR) is 104 cm³/mol. The first-order valence-corrected chi connectivity index (χ1v) is 8.18. The minimum atomic E-state index is -0.0539. The molecule has 0 spiro atoms. The number of hydrogen-bond acceptors (Lipinski definition) is 4. The first kappa shape index (κ1) is 23.6. The zero-order valence-electron chi connectivity index (χ0n) is 14.9. The number of nitrogens with zero attached hydrogens (tertiary/aromatic N) is 2. The van der Waals surface area contributed by atoms with Gasteiger partial charge >= 0.3 is 0 Å². The van der Waals surface area contributed by atoms with Gasteiger partial charge in [0.2, 0.25) is 11.8 Å². The predicted octanol–water partition coefficient (Wildman–Crippen LogP) is 2.27. The second-order valence-corrected chi connectivity index (χ2v) is 6.27. The zero-order valence-corrected chi connectivity index (χ0v) is 16.6. The van der Waals surface area contributed by atoms with E-state index in [0.717, 1.165) is 5.56 Å². The van der Waals surface area contributed by atoms with Crippen LogP contribution in [0.25, 0.3) is 0 Å². The number of aromatic nitrogens is 1. The molecule has 0 aliphatic carbocycles. The summed E-state index contributed by atoms with van der Waals surface area (Å²) >= 11 is 0. The number of anilines is 1. The van der Waals surface area contributed by atoms with Crippen molar-refractivity contribution < 1.29 is 9.59 Å². The maximum Gasteiger partial charge on any atom is 0.228 e. The van der Waals surface area contributed by atoms with Gasteiger partial charge < -0.3 is 15.5 Å². The normalized spacial score (nSPS) is 15.6. The summed E-state index contributed by atoms with van der Waals surface area (Å²) in [5, 5.41) is 5.89. The van der Waals surface area contributed by atoms with Gasteiger partial charge in [-0.05, 0) is 38.4 Å². The molecule has 0 aromatic carbocycles. The molecule has 1 saturated heterocycles. The van der Waals surface area contributed by atoms with Crippen molar-refractivity contribution in [3.8, 4) is 0 Å². The number of pyridine rings is 1. The van der Waals surface area contributed by atoms with Crippen LogP contribution in [0.15, 0.2) is 18.3 Å². The van der Waals surface area contributed by atoms with Gasteiger partial charge in [0.1, 0.15) is 5.82 Å². The van der Waals surface area contributed by atoms with Gasteiger partial charge in [-0.15, -0.1) is 24.8 Å². The molecule has 1 aliphatic heterocycles. The first-order chi connectivity index (χ1) is 11.0. The molecule has 6 nitrogen and oxygen atoms in total. The maximum absolute atomic E-state index is 12.3. The van der Waals surface area contributed by atoms with Gasteiger partial charge in [0, 0.05) is 37.7 Å². The smallest absolute Gasteiger partial charge is 0.228 e. The molecule has 8 heteroatoms. The van der Waals surface area contributed by atoms with Gasteiger partial charge in [-0.1, -0.05) is 13.0 Å². The van der Waals surface area contributed by atoms with E-state index in [1.807, 2.05) is 37.9 Å². The van der Waals surface area contributed by atoms with E-state index in [1.54, 1.807) is 6.20 Å². The zero-order chi connectivity index (χ0) is 16.8. The summed E-state index contributed by atoms with van der Waals surface area (Å²) in [7, 11) is 1.85. The average Bonchev–Trinajstić information content (AvgIpc) is 2.56. The van der Waals surface area contributed by atoms with Gasteiger partial charge in [-0.2, -0.15) is 0 Å². The molecule has 1 fully saturated rings. The SMILES string of the molecule is CNCC(C)C(=O)N1CCC(C(=O)Nc2ccc(C)cn2)CC1.Cl.Cl. The van der Waals surface area contributed by atoms with Gasteiger partial charge in [0.15, 0.2) is 0 Å². The average molecular weight is 391 g/mol. The van der Waals surface area contributed by atoms with Crippen molar-refractivity contribution in [2.24, 2.45) is 11.8 Å². The summed E-state index contributed by atoms with van der Waals surface area (Å²) in [6, 6.07) is 3.73. The second kappa shape index (κ2) is 11.3. The Morgan fingerprint density at radius 3 is 2.44 bits per heavy atom. The van der Waals surface area contributed by atoms with Gasteiger partial charge in [-0.3, -0.25) is 9.59 Å². The van der Waals surface area contributed by atoms with Crippen LogP contribution in [0.1, 0.15) is 25.3 Å². The lowest BCUT2D eigenvalue weighted by atomic mass is 9.95. The quantitative estimate of drug-likeness (QED) is 0.808. The number of piperidine rings is 1. The molecule has 1 aliphatic rings. The highest BCUT2D eigenvalue weighted by atomic mass is 35.5. The second-order valence-electron chi connectivity index (χ2n) is 6.27. The van der Waals surface area contributed by atoms with E-state index in [0.29, 0.717) is 38.3 Å². The van der Waals surface area contributed by atoms with Crippen LogP contribution in [-0.2, 0) is 9.59 Å². The molecule has 1 atom stereocenters. The maximum atomic E-state index is 12.3. The Morgan fingerprint density at radius 1 is 1.28 bits per heavy atom. The van der Waals surface area contributed by atoms with E-state index in [1.165, 1.54) is 0 Å². The minimum absolute atomic E-state index is 0. The summed E-state index contributed by atoms with van der Waals surface area (Å²) in [5.41, 5.74) is 1.06. The topological polar surface area (TPSA) is 74.3 Å². The van der Waals surface area contributed by atoms with Crippen molar-refractivity contribution >= 4 is 42.4 Å². The number of rotatable bonds is 5. The lowest BCUT2D eigenvalue weighted by Crippen LogP contribution is -2.45. The third-order valence-corrected chi connectivity index (χ3v) is 4.27. The fraction of sp³-hybridized carbons (Fsp3) is 0.588. The van der Waals surface area contributed by atoms with Crippen LogP contribution in [0.5, 0.6) is 0 Å².